The summed E-state index contributed by atoms with van der Waals surface area (Å²) < 4.78 is 6.66. The summed E-state index contributed by atoms with van der Waals surface area (Å²) in [5.41, 5.74) is 0.208. The second-order valence-electron chi connectivity index (χ2n) is 3.92. The van der Waals surface area contributed by atoms with E-state index in [9.17, 15) is 9.59 Å². The molecule has 0 atom stereocenters. The van der Waals surface area contributed by atoms with Crippen molar-refractivity contribution in [3.05, 3.63) is 21.3 Å². The number of rotatable bonds is 3. The highest BCUT2D eigenvalue weighted by Crippen LogP contribution is 2.09. The zero-order valence-electron chi connectivity index (χ0n) is 9.81. The SMILES string of the molecule is CC(C)OC(=O)Cn1c(=O)[nH]c2ncc(Br)nc21. The van der Waals surface area contributed by atoms with Gasteiger partial charge in [-0.05, 0) is 29.8 Å². The maximum Gasteiger partial charge on any atom is 0.329 e. The molecule has 1 N–H and O–H groups in total. The van der Waals surface area contributed by atoms with E-state index in [1.165, 1.54) is 10.8 Å². The van der Waals surface area contributed by atoms with Crippen molar-refractivity contribution in [2.45, 2.75) is 26.5 Å². The Bertz CT molecular complexity index is 646. The van der Waals surface area contributed by atoms with Gasteiger partial charge in [0.2, 0.25) is 0 Å². The average Bonchev–Trinajstić information content (AvgIpc) is 2.55. The third-order valence-electron chi connectivity index (χ3n) is 2.11. The lowest BCUT2D eigenvalue weighted by Crippen LogP contribution is -2.25. The summed E-state index contributed by atoms with van der Waals surface area (Å²) in [5, 5.41) is 0. The highest BCUT2D eigenvalue weighted by Gasteiger charge is 2.14. The molecule has 0 spiro atoms. The van der Waals surface area contributed by atoms with Crippen molar-refractivity contribution in [3.8, 4) is 0 Å². The van der Waals surface area contributed by atoms with Crippen LogP contribution in [0, 0.1) is 0 Å². The molecule has 96 valence electrons. The molecule has 0 radical (unpaired) electrons. The lowest BCUT2D eigenvalue weighted by atomic mass is 10.5. The summed E-state index contributed by atoms with van der Waals surface area (Å²) in [5.74, 6) is -0.491. The molecular formula is C10H11BrN4O3. The van der Waals surface area contributed by atoms with Crippen molar-refractivity contribution in [3.63, 3.8) is 0 Å². The van der Waals surface area contributed by atoms with Gasteiger partial charge in [-0.3, -0.25) is 14.3 Å². The lowest BCUT2D eigenvalue weighted by molar-refractivity contribution is -0.148. The fourth-order valence-electron chi connectivity index (χ4n) is 1.48. The van der Waals surface area contributed by atoms with Crippen LogP contribution in [0.5, 0.6) is 0 Å². The largest absolute Gasteiger partial charge is 0.462 e. The predicted molar refractivity (Wildman–Crippen MR) is 67.1 cm³/mol. The van der Waals surface area contributed by atoms with Crippen LogP contribution in [0.3, 0.4) is 0 Å². The molecule has 0 aliphatic rings. The zero-order chi connectivity index (χ0) is 13.3. The van der Waals surface area contributed by atoms with Gasteiger partial charge in [-0.1, -0.05) is 0 Å². The van der Waals surface area contributed by atoms with E-state index in [2.05, 4.69) is 30.9 Å². The molecule has 0 fully saturated rings. The molecule has 0 aromatic carbocycles. The average molecular weight is 315 g/mol. The monoisotopic (exact) mass is 314 g/mol. The predicted octanol–water partition coefficient (Wildman–Crippen LogP) is 0.834. The molecule has 0 saturated heterocycles. The standard InChI is InChI=1S/C10H11BrN4O3/c1-5(2)18-7(16)4-15-9-8(14-10(15)17)12-3-6(11)13-9/h3,5H,4H2,1-2H3,(H,12,14,17). The molecule has 8 heteroatoms. The minimum Gasteiger partial charge on any atom is -0.462 e. The van der Waals surface area contributed by atoms with Crippen molar-refractivity contribution in [2.24, 2.45) is 0 Å². The molecule has 2 rings (SSSR count). The molecule has 2 heterocycles. The molecule has 0 saturated carbocycles. The van der Waals surface area contributed by atoms with Gasteiger partial charge in [-0.15, -0.1) is 0 Å². The van der Waals surface area contributed by atoms with Crippen LogP contribution < -0.4 is 5.69 Å². The van der Waals surface area contributed by atoms with Gasteiger partial charge >= 0.3 is 11.7 Å². The third-order valence-corrected chi connectivity index (χ3v) is 2.49. The van der Waals surface area contributed by atoms with Crippen molar-refractivity contribution in [2.75, 3.05) is 0 Å². The van der Waals surface area contributed by atoms with Crippen molar-refractivity contribution < 1.29 is 9.53 Å². The number of H-pyrrole nitrogens is 1. The second kappa shape index (κ2) is 4.89. The summed E-state index contributed by atoms with van der Waals surface area (Å²) in [6.07, 6.45) is 1.24. The van der Waals surface area contributed by atoms with Crippen LogP contribution in [0.4, 0.5) is 0 Å². The number of carbonyl (C=O) groups is 1. The number of nitrogens with zero attached hydrogens (tertiary/aromatic N) is 3. The van der Waals surface area contributed by atoms with E-state index in [1.54, 1.807) is 13.8 Å². The van der Waals surface area contributed by atoms with Crippen molar-refractivity contribution in [1.82, 2.24) is 19.5 Å². The quantitative estimate of drug-likeness (QED) is 0.848. The number of aromatic nitrogens is 4. The number of ether oxygens (including phenoxy) is 1. The van der Waals surface area contributed by atoms with Crippen LogP contribution in [0.25, 0.3) is 11.3 Å². The minimum absolute atomic E-state index is 0.192. The zero-order valence-corrected chi connectivity index (χ0v) is 11.4. The number of hydrogen-bond donors (Lipinski definition) is 1. The smallest absolute Gasteiger partial charge is 0.329 e. The Balaban J connectivity index is 2.38. The molecule has 0 unspecified atom stereocenters. The van der Waals surface area contributed by atoms with E-state index in [-0.39, 0.29) is 12.6 Å². The molecule has 18 heavy (non-hydrogen) atoms. The Hall–Kier alpha value is -1.70. The number of aromatic amines is 1. The van der Waals surface area contributed by atoms with E-state index < -0.39 is 11.7 Å². The Morgan fingerprint density at radius 2 is 2.33 bits per heavy atom. The van der Waals surface area contributed by atoms with Gasteiger partial charge in [0.05, 0.1) is 12.3 Å². The van der Waals surface area contributed by atoms with Crippen LogP contribution >= 0.6 is 15.9 Å². The maximum atomic E-state index is 11.7. The summed E-state index contributed by atoms with van der Waals surface area (Å²) in [6, 6.07) is 0. The van der Waals surface area contributed by atoms with Gasteiger partial charge < -0.3 is 4.74 Å². The van der Waals surface area contributed by atoms with E-state index >= 15 is 0 Å². The molecule has 2 aromatic rings. The second-order valence-corrected chi connectivity index (χ2v) is 4.73. The first-order valence-corrected chi connectivity index (χ1v) is 6.07. The van der Waals surface area contributed by atoms with Gasteiger partial charge in [0, 0.05) is 0 Å². The van der Waals surface area contributed by atoms with E-state index in [0.717, 1.165) is 0 Å². The van der Waals surface area contributed by atoms with Gasteiger partial charge in [0.25, 0.3) is 0 Å². The molecule has 0 aliphatic carbocycles. The van der Waals surface area contributed by atoms with E-state index in [0.29, 0.717) is 15.9 Å². The maximum absolute atomic E-state index is 11.7. The Morgan fingerprint density at radius 3 is 3.00 bits per heavy atom. The first-order chi connectivity index (χ1) is 8.47. The highest BCUT2D eigenvalue weighted by atomic mass is 79.9. The molecule has 0 aliphatic heterocycles. The number of nitrogens with one attached hydrogen (secondary N) is 1. The number of imidazole rings is 1. The summed E-state index contributed by atoms with van der Waals surface area (Å²) in [6.45, 7) is 3.29. The van der Waals surface area contributed by atoms with Gasteiger partial charge in [-0.2, -0.15) is 0 Å². The lowest BCUT2D eigenvalue weighted by Gasteiger charge is -2.07. The topological polar surface area (TPSA) is 89.9 Å². The number of hydrogen-bond acceptors (Lipinski definition) is 5. The van der Waals surface area contributed by atoms with Gasteiger partial charge in [0.15, 0.2) is 11.3 Å². The molecule has 7 nitrogen and oxygen atoms in total. The van der Waals surface area contributed by atoms with E-state index in [1.807, 2.05) is 0 Å². The number of carbonyl (C=O) groups excluding carboxylic acids is 1. The number of esters is 1. The molecule has 0 bridgehead atoms. The Morgan fingerprint density at radius 1 is 1.61 bits per heavy atom. The highest BCUT2D eigenvalue weighted by molar-refractivity contribution is 9.10. The summed E-state index contributed by atoms with van der Waals surface area (Å²) in [4.78, 5) is 33.8. The van der Waals surface area contributed by atoms with Crippen LogP contribution in [0.15, 0.2) is 15.6 Å². The molecular weight excluding hydrogens is 304 g/mol. The van der Waals surface area contributed by atoms with E-state index in [4.69, 9.17) is 4.74 Å². The molecule has 2 aromatic heterocycles. The Kier molecular flexibility index (Phi) is 3.46. The van der Waals surface area contributed by atoms with Crippen LogP contribution in [-0.4, -0.2) is 31.6 Å². The fourth-order valence-corrected chi connectivity index (χ4v) is 1.75. The van der Waals surface area contributed by atoms with Gasteiger partial charge in [-0.25, -0.2) is 14.8 Å². The number of halogens is 1. The van der Waals surface area contributed by atoms with Crippen LogP contribution in [-0.2, 0) is 16.1 Å². The Labute approximate surface area is 110 Å². The first kappa shape index (κ1) is 12.7. The number of fused-ring (bicyclic) bond motifs is 1. The summed E-state index contributed by atoms with van der Waals surface area (Å²) in [7, 11) is 0. The van der Waals surface area contributed by atoms with Crippen molar-refractivity contribution in [1.29, 1.82) is 0 Å². The van der Waals surface area contributed by atoms with Gasteiger partial charge in [0.1, 0.15) is 11.1 Å². The van der Waals surface area contributed by atoms with Crippen LogP contribution in [0.2, 0.25) is 0 Å². The summed E-state index contributed by atoms with van der Waals surface area (Å²) >= 11 is 3.16. The minimum atomic E-state index is -0.491. The molecule has 0 amide bonds. The van der Waals surface area contributed by atoms with Crippen LogP contribution in [0.1, 0.15) is 13.8 Å². The first-order valence-electron chi connectivity index (χ1n) is 5.28. The fraction of sp³-hybridized carbons (Fsp3) is 0.400. The normalized spacial score (nSPS) is 11.1. The third kappa shape index (κ3) is 2.58. The van der Waals surface area contributed by atoms with Crippen molar-refractivity contribution >= 4 is 33.2 Å².